The van der Waals surface area contributed by atoms with Gasteiger partial charge in [-0.3, -0.25) is 0 Å². The number of fused-ring (bicyclic) bond motifs is 10. The molecule has 0 spiro atoms. The molecule has 0 atom stereocenters. The number of nitrogens with zero attached hydrogens (tertiary/aromatic N) is 1. The standard InChI is InChI=1S/C34H19NS2/c1-2-8-21-16-29-26(15-20(21)7-1)27-19-34-28(24-10-4-6-12-32(24)37-34)18-30(27)35(29)22-13-14-25-23-9-3-5-11-31(23)36-33(25)17-22/h1-19H. The molecule has 0 saturated heterocycles. The van der Waals surface area contributed by atoms with Gasteiger partial charge in [0.05, 0.1) is 11.0 Å². The average molecular weight is 506 g/mol. The van der Waals surface area contributed by atoms with Gasteiger partial charge in [-0.1, -0.05) is 66.7 Å². The van der Waals surface area contributed by atoms with E-state index in [0.717, 1.165) is 0 Å². The second-order valence-electron chi connectivity index (χ2n) is 9.79. The molecule has 0 aliphatic rings. The molecule has 0 amide bonds. The lowest BCUT2D eigenvalue weighted by molar-refractivity contribution is 1.19. The summed E-state index contributed by atoms with van der Waals surface area (Å²) in [5, 5.41) is 10.5. The highest BCUT2D eigenvalue weighted by atomic mass is 32.1. The fourth-order valence-electron chi connectivity index (χ4n) is 6.05. The van der Waals surface area contributed by atoms with Gasteiger partial charge in [0.15, 0.2) is 0 Å². The van der Waals surface area contributed by atoms with E-state index in [1.54, 1.807) is 0 Å². The van der Waals surface area contributed by atoms with Gasteiger partial charge in [-0.05, 0) is 59.3 Å². The van der Waals surface area contributed by atoms with Crippen LogP contribution in [0.5, 0.6) is 0 Å². The number of hydrogen-bond donors (Lipinski definition) is 0. The lowest BCUT2D eigenvalue weighted by atomic mass is 10.1. The molecule has 3 aromatic heterocycles. The first-order valence-electron chi connectivity index (χ1n) is 12.5. The smallest absolute Gasteiger partial charge is 0.0548 e. The maximum atomic E-state index is 2.48. The van der Waals surface area contributed by atoms with Crippen molar-refractivity contribution in [3.63, 3.8) is 0 Å². The molecule has 172 valence electrons. The topological polar surface area (TPSA) is 4.93 Å². The fourth-order valence-corrected chi connectivity index (χ4v) is 8.32. The van der Waals surface area contributed by atoms with Crippen molar-refractivity contribution in [2.45, 2.75) is 0 Å². The molecule has 0 N–H and O–H groups in total. The maximum Gasteiger partial charge on any atom is 0.0548 e. The molecule has 0 saturated carbocycles. The monoisotopic (exact) mass is 505 g/mol. The van der Waals surface area contributed by atoms with Gasteiger partial charge in [-0.25, -0.2) is 0 Å². The Labute approximate surface area is 220 Å². The number of aromatic nitrogens is 1. The van der Waals surface area contributed by atoms with E-state index in [2.05, 4.69) is 120 Å². The number of rotatable bonds is 1. The van der Waals surface area contributed by atoms with Gasteiger partial charge in [-0.2, -0.15) is 0 Å². The highest BCUT2D eigenvalue weighted by molar-refractivity contribution is 7.26. The molecular weight excluding hydrogens is 487 g/mol. The third kappa shape index (κ3) is 2.73. The Bertz CT molecular complexity index is 2360. The van der Waals surface area contributed by atoms with Crippen LogP contribution in [0.3, 0.4) is 0 Å². The minimum atomic E-state index is 1.22. The number of benzene rings is 6. The first-order valence-corrected chi connectivity index (χ1v) is 14.1. The molecule has 0 bridgehead atoms. The van der Waals surface area contributed by atoms with Gasteiger partial charge in [0, 0.05) is 56.8 Å². The molecule has 9 aromatic rings. The first-order chi connectivity index (χ1) is 18.3. The van der Waals surface area contributed by atoms with Crippen molar-refractivity contribution in [2.75, 3.05) is 0 Å². The molecule has 0 aliphatic heterocycles. The van der Waals surface area contributed by atoms with E-state index in [1.807, 2.05) is 22.7 Å². The maximum absolute atomic E-state index is 2.48. The third-order valence-electron chi connectivity index (χ3n) is 7.75. The van der Waals surface area contributed by atoms with Crippen molar-refractivity contribution in [2.24, 2.45) is 0 Å². The van der Waals surface area contributed by atoms with Crippen LogP contribution in [0.2, 0.25) is 0 Å². The highest BCUT2D eigenvalue weighted by Crippen LogP contribution is 2.42. The molecule has 9 rings (SSSR count). The van der Waals surface area contributed by atoms with Gasteiger partial charge in [-0.15, -0.1) is 22.7 Å². The molecule has 3 heterocycles. The molecule has 37 heavy (non-hydrogen) atoms. The lowest BCUT2D eigenvalue weighted by Crippen LogP contribution is -1.93. The Kier molecular flexibility index (Phi) is 3.88. The van der Waals surface area contributed by atoms with Crippen molar-refractivity contribution in [3.05, 3.63) is 115 Å². The largest absolute Gasteiger partial charge is 0.309 e. The zero-order chi connectivity index (χ0) is 24.1. The number of thiophene rings is 2. The van der Waals surface area contributed by atoms with Crippen LogP contribution in [0.25, 0.3) is 78.6 Å². The summed E-state index contributed by atoms with van der Waals surface area (Å²) in [5.74, 6) is 0. The predicted octanol–water partition coefficient (Wildman–Crippen LogP) is 10.7. The van der Waals surface area contributed by atoms with Crippen molar-refractivity contribution in [1.29, 1.82) is 0 Å². The fraction of sp³-hybridized carbons (Fsp3) is 0. The SMILES string of the molecule is c1ccc2cc3c(cc2c1)c1cc2sc4ccccc4c2cc1n3-c1ccc2c(c1)sc1ccccc12. The van der Waals surface area contributed by atoms with E-state index < -0.39 is 0 Å². The minimum absolute atomic E-state index is 1.22. The van der Waals surface area contributed by atoms with Crippen molar-refractivity contribution >= 4 is 95.6 Å². The van der Waals surface area contributed by atoms with Crippen LogP contribution < -0.4 is 0 Å². The molecule has 3 heteroatoms. The van der Waals surface area contributed by atoms with Crippen LogP contribution in [0.4, 0.5) is 0 Å². The summed E-state index contributed by atoms with van der Waals surface area (Å²) in [7, 11) is 0. The zero-order valence-corrected chi connectivity index (χ0v) is 21.4. The second-order valence-corrected chi connectivity index (χ2v) is 12.0. The van der Waals surface area contributed by atoms with E-state index in [1.165, 1.54) is 78.6 Å². The Morgan fingerprint density at radius 2 is 0.946 bits per heavy atom. The van der Waals surface area contributed by atoms with E-state index >= 15 is 0 Å². The minimum Gasteiger partial charge on any atom is -0.309 e. The quantitative estimate of drug-likeness (QED) is 0.209. The Balaban J connectivity index is 1.45. The molecule has 6 aromatic carbocycles. The van der Waals surface area contributed by atoms with Crippen molar-refractivity contribution < 1.29 is 0 Å². The van der Waals surface area contributed by atoms with Crippen LogP contribution >= 0.6 is 22.7 Å². The van der Waals surface area contributed by atoms with Gasteiger partial charge < -0.3 is 4.57 Å². The van der Waals surface area contributed by atoms with Crippen molar-refractivity contribution in [1.82, 2.24) is 4.57 Å². The summed E-state index contributed by atoms with van der Waals surface area (Å²) < 4.78 is 7.84. The molecule has 0 aliphatic carbocycles. The van der Waals surface area contributed by atoms with Gasteiger partial charge in [0.1, 0.15) is 0 Å². The lowest BCUT2D eigenvalue weighted by Gasteiger charge is -2.09. The van der Waals surface area contributed by atoms with E-state index in [4.69, 9.17) is 0 Å². The van der Waals surface area contributed by atoms with E-state index in [0.29, 0.717) is 0 Å². The Hall–Kier alpha value is -4.18. The second kappa shape index (κ2) is 7.19. The normalized spacial score (nSPS) is 12.3. The third-order valence-corrected chi connectivity index (χ3v) is 10.0. The molecule has 1 nitrogen and oxygen atoms in total. The van der Waals surface area contributed by atoms with Gasteiger partial charge in [0.2, 0.25) is 0 Å². The summed E-state index contributed by atoms with van der Waals surface area (Å²) in [6.45, 7) is 0. The molecule has 0 unspecified atom stereocenters. The van der Waals surface area contributed by atoms with Crippen LogP contribution in [-0.2, 0) is 0 Å². The Morgan fingerprint density at radius 3 is 1.73 bits per heavy atom. The van der Waals surface area contributed by atoms with Crippen LogP contribution in [0.1, 0.15) is 0 Å². The van der Waals surface area contributed by atoms with Gasteiger partial charge in [0.25, 0.3) is 0 Å². The molecular formula is C34H19NS2. The van der Waals surface area contributed by atoms with Crippen molar-refractivity contribution in [3.8, 4) is 5.69 Å². The summed E-state index contributed by atoms with van der Waals surface area (Å²) in [6, 6.07) is 42.8. The van der Waals surface area contributed by atoms with E-state index in [-0.39, 0.29) is 0 Å². The van der Waals surface area contributed by atoms with Crippen LogP contribution in [0.15, 0.2) is 115 Å². The highest BCUT2D eigenvalue weighted by Gasteiger charge is 2.17. The average Bonchev–Trinajstić information content (AvgIpc) is 3.59. The van der Waals surface area contributed by atoms with Crippen LogP contribution in [0, 0.1) is 0 Å². The van der Waals surface area contributed by atoms with Gasteiger partial charge >= 0.3 is 0 Å². The number of hydrogen-bond acceptors (Lipinski definition) is 2. The summed E-state index contributed by atoms with van der Waals surface area (Å²) in [4.78, 5) is 0. The molecule has 0 radical (unpaired) electrons. The summed E-state index contributed by atoms with van der Waals surface area (Å²) in [6.07, 6.45) is 0. The summed E-state index contributed by atoms with van der Waals surface area (Å²) >= 11 is 3.77. The zero-order valence-electron chi connectivity index (χ0n) is 19.7. The summed E-state index contributed by atoms with van der Waals surface area (Å²) in [5.41, 5.74) is 3.74. The predicted molar refractivity (Wildman–Crippen MR) is 164 cm³/mol. The van der Waals surface area contributed by atoms with E-state index in [9.17, 15) is 0 Å². The van der Waals surface area contributed by atoms with Crippen LogP contribution in [-0.4, -0.2) is 4.57 Å². The first kappa shape index (κ1) is 19.9. The Morgan fingerprint density at radius 1 is 0.378 bits per heavy atom. The molecule has 0 fully saturated rings.